The van der Waals surface area contributed by atoms with Crippen molar-refractivity contribution in [3.8, 4) is 16.2 Å². The third-order valence-electron chi connectivity index (χ3n) is 7.51. The summed E-state index contributed by atoms with van der Waals surface area (Å²) in [7, 11) is -2.32. The molecule has 3 heterocycles. The number of benzene rings is 1. The first-order chi connectivity index (χ1) is 18.6. The highest BCUT2D eigenvalue weighted by Gasteiger charge is 2.34. The summed E-state index contributed by atoms with van der Waals surface area (Å²) >= 11 is 1.60. The molecule has 4 aromatic rings. The van der Waals surface area contributed by atoms with Crippen molar-refractivity contribution >= 4 is 38.2 Å². The van der Waals surface area contributed by atoms with Gasteiger partial charge in [-0.3, -0.25) is 4.79 Å². The number of aromatic nitrogens is 2. The van der Waals surface area contributed by atoms with Crippen molar-refractivity contribution in [2.45, 2.75) is 62.8 Å². The highest BCUT2D eigenvalue weighted by Crippen LogP contribution is 2.52. The molecule has 3 N–H and O–H groups in total. The first-order valence-electron chi connectivity index (χ1n) is 12.7. The standard InChI is InChI=1S/C27H27N3O7S2/c1-12-26(13(2)37-29-12)39(34,35)30-19-5-4-6-20-16(19)10-21(38-20)22-15(14-7-8-14)9-17-23(25(22)36-3)28-11-18(24(17)31)27(32)33/h9-11,14,19,30H,4-8H2,1-3H3,(H,28,31)(H,32,33). The SMILES string of the molecule is COc1c(-c2cc3c(s2)CCCC3NS(=O)(=O)c2c(C)noc2C)c(C2CC2)cc2c(=O)c(C(=O)O)c[nH]c12. The number of hydrogen-bond acceptors (Lipinski definition) is 8. The van der Waals surface area contributed by atoms with Crippen molar-refractivity contribution in [1.82, 2.24) is 14.9 Å². The average molecular weight is 570 g/mol. The number of aryl methyl sites for hydroxylation is 3. The summed E-state index contributed by atoms with van der Waals surface area (Å²) in [6, 6.07) is 3.41. The summed E-state index contributed by atoms with van der Waals surface area (Å²) in [5, 5.41) is 13.5. The van der Waals surface area contributed by atoms with Gasteiger partial charge >= 0.3 is 5.97 Å². The maximum absolute atomic E-state index is 13.3. The van der Waals surface area contributed by atoms with Crippen LogP contribution in [0.3, 0.4) is 0 Å². The first-order valence-corrected chi connectivity index (χ1v) is 15.0. The lowest BCUT2D eigenvalue weighted by Gasteiger charge is -2.23. The molecule has 6 rings (SSSR count). The van der Waals surface area contributed by atoms with E-state index in [1.54, 1.807) is 31.3 Å². The summed E-state index contributed by atoms with van der Waals surface area (Å²) in [5.74, 6) is -0.323. The van der Waals surface area contributed by atoms with Crippen LogP contribution >= 0.6 is 11.3 Å². The Hall–Kier alpha value is -3.48. The number of sulfonamides is 1. The average Bonchev–Trinajstić information content (AvgIpc) is 3.54. The Morgan fingerprint density at radius 2 is 2.00 bits per heavy atom. The van der Waals surface area contributed by atoms with Crippen LogP contribution in [0.4, 0.5) is 0 Å². The molecule has 0 saturated heterocycles. The molecule has 0 amide bonds. The van der Waals surface area contributed by atoms with Gasteiger partial charge in [0.05, 0.1) is 18.0 Å². The van der Waals surface area contributed by atoms with Crippen LogP contribution in [0.5, 0.6) is 5.75 Å². The van der Waals surface area contributed by atoms with Gasteiger partial charge in [0, 0.05) is 27.6 Å². The Morgan fingerprint density at radius 1 is 1.23 bits per heavy atom. The molecule has 2 aliphatic rings. The van der Waals surface area contributed by atoms with Crippen LogP contribution in [0.1, 0.15) is 75.5 Å². The van der Waals surface area contributed by atoms with E-state index >= 15 is 0 Å². The Labute approximate surface area is 228 Å². The van der Waals surface area contributed by atoms with Gasteiger partial charge in [-0.2, -0.15) is 0 Å². The van der Waals surface area contributed by atoms with Crippen molar-refractivity contribution in [1.29, 1.82) is 0 Å². The van der Waals surface area contributed by atoms with Crippen LogP contribution in [0.25, 0.3) is 21.3 Å². The Bertz CT molecular complexity index is 1790. The smallest absolute Gasteiger partial charge is 0.341 e. The van der Waals surface area contributed by atoms with Crippen molar-refractivity contribution in [2.24, 2.45) is 0 Å². The van der Waals surface area contributed by atoms with E-state index in [9.17, 15) is 23.1 Å². The van der Waals surface area contributed by atoms with Gasteiger partial charge in [0.15, 0.2) is 11.5 Å². The Balaban J connectivity index is 1.48. The number of nitrogens with one attached hydrogen (secondary N) is 2. The predicted octanol–water partition coefficient (Wildman–Crippen LogP) is 4.80. The van der Waals surface area contributed by atoms with E-state index in [1.807, 2.05) is 6.07 Å². The third-order valence-corrected chi connectivity index (χ3v) is 10.5. The number of carboxylic acids is 1. The number of rotatable bonds is 7. The van der Waals surface area contributed by atoms with Gasteiger partial charge in [0.25, 0.3) is 0 Å². The van der Waals surface area contributed by atoms with Gasteiger partial charge in [-0.15, -0.1) is 11.3 Å². The minimum atomic E-state index is -3.86. The number of carbonyl (C=O) groups is 1. The van der Waals surface area contributed by atoms with E-state index in [1.165, 1.54) is 13.3 Å². The molecule has 1 atom stereocenters. The minimum absolute atomic E-state index is 0.0713. The lowest BCUT2D eigenvalue weighted by atomic mass is 9.92. The molecule has 1 saturated carbocycles. The monoisotopic (exact) mass is 569 g/mol. The normalized spacial score (nSPS) is 17.4. The van der Waals surface area contributed by atoms with E-state index in [0.717, 1.165) is 52.1 Å². The summed E-state index contributed by atoms with van der Waals surface area (Å²) in [6.07, 6.45) is 5.44. The van der Waals surface area contributed by atoms with Crippen LogP contribution in [0, 0.1) is 13.8 Å². The second kappa shape index (κ2) is 9.32. The summed E-state index contributed by atoms with van der Waals surface area (Å²) in [5.41, 5.74) is 2.61. The van der Waals surface area contributed by atoms with Gasteiger partial charge < -0.3 is 19.4 Å². The fourth-order valence-electron chi connectivity index (χ4n) is 5.59. The molecule has 1 aromatic carbocycles. The molecular formula is C27H27N3O7S2. The van der Waals surface area contributed by atoms with Crippen LogP contribution in [0.2, 0.25) is 0 Å². The summed E-state index contributed by atoms with van der Waals surface area (Å²) in [4.78, 5) is 29.7. The Kier molecular flexibility index (Phi) is 6.16. The lowest BCUT2D eigenvalue weighted by molar-refractivity contribution is 0.0695. The molecular weight excluding hydrogens is 542 g/mol. The van der Waals surface area contributed by atoms with Gasteiger partial charge in [-0.1, -0.05) is 5.16 Å². The van der Waals surface area contributed by atoms with Gasteiger partial charge in [0.2, 0.25) is 15.5 Å². The molecule has 0 radical (unpaired) electrons. The number of H-pyrrole nitrogens is 1. The fraction of sp³-hybridized carbons (Fsp3) is 0.370. The van der Waals surface area contributed by atoms with Crippen LogP contribution in [-0.4, -0.2) is 36.7 Å². The number of aromatic carboxylic acids is 1. The number of aromatic amines is 1. The summed E-state index contributed by atoms with van der Waals surface area (Å²) < 4.78 is 40.4. The number of thiophene rings is 1. The summed E-state index contributed by atoms with van der Waals surface area (Å²) in [6.45, 7) is 3.19. The number of fused-ring (bicyclic) bond motifs is 2. The van der Waals surface area contributed by atoms with Crippen LogP contribution < -0.4 is 14.9 Å². The van der Waals surface area contributed by atoms with E-state index in [4.69, 9.17) is 9.26 Å². The lowest BCUT2D eigenvalue weighted by Crippen LogP contribution is -2.31. The number of hydrogen-bond donors (Lipinski definition) is 3. The fourth-order valence-corrected chi connectivity index (χ4v) is 8.50. The highest BCUT2D eigenvalue weighted by molar-refractivity contribution is 7.89. The largest absolute Gasteiger partial charge is 0.494 e. The van der Waals surface area contributed by atoms with Crippen LogP contribution in [0.15, 0.2) is 32.5 Å². The molecule has 1 unspecified atom stereocenters. The van der Waals surface area contributed by atoms with E-state index in [0.29, 0.717) is 23.4 Å². The third kappa shape index (κ3) is 4.26. The maximum atomic E-state index is 13.3. The minimum Gasteiger partial charge on any atom is -0.494 e. The van der Waals surface area contributed by atoms with Gasteiger partial charge in [0.1, 0.15) is 16.2 Å². The van der Waals surface area contributed by atoms with Gasteiger partial charge in [-0.25, -0.2) is 17.9 Å². The molecule has 204 valence electrons. The zero-order valence-electron chi connectivity index (χ0n) is 21.6. The number of nitrogens with zero attached hydrogens (tertiary/aromatic N) is 1. The molecule has 39 heavy (non-hydrogen) atoms. The van der Waals surface area contributed by atoms with E-state index in [-0.39, 0.29) is 27.5 Å². The second-order valence-electron chi connectivity index (χ2n) is 10.1. The first kappa shape index (κ1) is 25.8. The quantitative estimate of drug-likeness (QED) is 0.287. The van der Waals surface area contributed by atoms with Gasteiger partial charge in [-0.05, 0) is 75.1 Å². The zero-order chi connectivity index (χ0) is 27.6. The van der Waals surface area contributed by atoms with E-state index in [2.05, 4.69) is 14.9 Å². The van der Waals surface area contributed by atoms with Crippen molar-refractivity contribution < 1.29 is 27.6 Å². The molecule has 0 spiro atoms. The molecule has 3 aromatic heterocycles. The second-order valence-corrected chi connectivity index (χ2v) is 12.9. The van der Waals surface area contributed by atoms with Crippen molar-refractivity contribution in [3.05, 3.63) is 61.6 Å². The molecule has 12 heteroatoms. The van der Waals surface area contributed by atoms with E-state index < -0.39 is 27.5 Å². The number of carboxylic acid groups (broad SMARTS) is 1. The van der Waals surface area contributed by atoms with Crippen molar-refractivity contribution in [2.75, 3.05) is 7.11 Å². The topological polar surface area (TPSA) is 152 Å². The predicted molar refractivity (Wildman–Crippen MR) is 145 cm³/mol. The Morgan fingerprint density at radius 3 is 2.64 bits per heavy atom. The zero-order valence-corrected chi connectivity index (χ0v) is 23.2. The van der Waals surface area contributed by atoms with Crippen molar-refractivity contribution in [3.63, 3.8) is 0 Å². The highest BCUT2D eigenvalue weighted by atomic mass is 32.2. The molecule has 0 bridgehead atoms. The molecule has 2 aliphatic carbocycles. The molecule has 10 nitrogen and oxygen atoms in total. The molecule has 0 aliphatic heterocycles. The number of pyridine rings is 1. The number of ether oxygens (including phenoxy) is 1. The van der Waals surface area contributed by atoms with Crippen LogP contribution in [-0.2, 0) is 16.4 Å². The molecule has 1 fully saturated rings. The number of methoxy groups -OCH3 is 1. The maximum Gasteiger partial charge on any atom is 0.341 e.